The number of benzene rings is 1. The lowest BCUT2D eigenvalue weighted by molar-refractivity contribution is 0.252. The van der Waals surface area contributed by atoms with E-state index in [1.165, 1.54) is 12.4 Å². The minimum Gasteiger partial charge on any atom is -0.505 e. The van der Waals surface area contributed by atoms with Crippen LogP contribution in [0.15, 0.2) is 40.4 Å². The van der Waals surface area contributed by atoms with Crippen molar-refractivity contribution in [2.24, 2.45) is 4.99 Å². The molecule has 0 bridgehead atoms. The lowest BCUT2D eigenvalue weighted by atomic mass is 10.1. The van der Waals surface area contributed by atoms with Gasteiger partial charge in [-0.3, -0.25) is 9.98 Å². The normalized spacial score (nSPS) is 11.5. The molecule has 0 amide bonds. The molecule has 4 nitrogen and oxygen atoms in total. The van der Waals surface area contributed by atoms with Crippen molar-refractivity contribution in [3.05, 3.63) is 47.3 Å². The number of alkyl halides is 2. The highest BCUT2D eigenvalue weighted by Gasteiger charge is 2.09. The third-order valence-corrected chi connectivity index (χ3v) is 3.66. The van der Waals surface area contributed by atoms with Crippen LogP contribution in [0.4, 0.5) is 14.5 Å². The molecule has 22 heavy (non-hydrogen) atoms. The molecule has 0 atom stereocenters. The molecule has 2 N–H and O–H groups in total. The second kappa shape index (κ2) is 7.33. The Hall–Kier alpha value is -1.99. The van der Waals surface area contributed by atoms with E-state index in [1.807, 2.05) is 0 Å². The van der Waals surface area contributed by atoms with Crippen LogP contribution in [0.3, 0.4) is 0 Å². The van der Waals surface area contributed by atoms with E-state index >= 15 is 0 Å². The van der Waals surface area contributed by atoms with Crippen molar-refractivity contribution in [3.63, 3.8) is 0 Å². The molecule has 0 aliphatic rings. The Morgan fingerprint density at radius 2 is 2.00 bits per heavy atom. The average molecular weight is 324 g/mol. The van der Waals surface area contributed by atoms with Crippen LogP contribution in [0.2, 0.25) is 0 Å². The van der Waals surface area contributed by atoms with E-state index in [2.05, 4.69) is 9.98 Å². The molecule has 0 spiro atoms. The highest BCUT2D eigenvalue weighted by atomic mass is 32.2. The van der Waals surface area contributed by atoms with Crippen molar-refractivity contribution in [2.75, 3.05) is 0 Å². The van der Waals surface area contributed by atoms with Gasteiger partial charge in [0.1, 0.15) is 5.75 Å². The number of aliphatic hydroxyl groups is 1. The lowest BCUT2D eigenvalue weighted by Crippen LogP contribution is -1.97. The summed E-state index contributed by atoms with van der Waals surface area (Å²) in [5, 5.41) is 19.2. The van der Waals surface area contributed by atoms with Gasteiger partial charge in [0, 0.05) is 28.4 Å². The van der Waals surface area contributed by atoms with Crippen LogP contribution < -0.4 is 0 Å². The number of rotatable bonds is 5. The predicted octanol–water partition coefficient (Wildman–Crippen LogP) is 3.65. The first-order valence-corrected chi connectivity index (χ1v) is 7.26. The van der Waals surface area contributed by atoms with Crippen LogP contribution in [0, 0.1) is 6.92 Å². The maximum Gasteiger partial charge on any atom is 0.288 e. The monoisotopic (exact) mass is 324 g/mol. The molecule has 2 aromatic rings. The Morgan fingerprint density at radius 1 is 1.32 bits per heavy atom. The van der Waals surface area contributed by atoms with Crippen LogP contribution in [0.1, 0.15) is 16.8 Å². The Balaban J connectivity index is 2.23. The smallest absolute Gasteiger partial charge is 0.288 e. The number of nitrogens with zero attached hydrogens (tertiary/aromatic N) is 2. The van der Waals surface area contributed by atoms with E-state index in [4.69, 9.17) is 0 Å². The standard InChI is InChI=1S/C15H14F2N2O2S/c1-9-14(21)13(10(8-20)6-18-9)7-19-11-2-4-12(5-3-11)22-15(16)17/h2-7,15,20-21H,8H2,1H3. The first kappa shape index (κ1) is 16.4. The van der Waals surface area contributed by atoms with Crippen LogP contribution in [-0.4, -0.2) is 27.2 Å². The zero-order chi connectivity index (χ0) is 16.1. The van der Waals surface area contributed by atoms with E-state index < -0.39 is 5.76 Å². The van der Waals surface area contributed by atoms with Crippen molar-refractivity contribution in [3.8, 4) is 5.75 Å². The summed E-state index contributed by atoms with van der Waals surface area (Å²) in [6.07, 6.45) is 2.89. The molecule has 7 heteroatoms. The van der Waals surface area contributed by atoms with E-state index in [0.29, 0.717) is 39.2 Å². The van der Waals surface area contributed by atoms with Gasteiger partial charge >= 0.3 is 0 Å². The number of halogens is 2. The molecule has 0 radical (unpaired) electrons. The summed E-state index contributed by atoms with van der Waals surface area (Å²) in [4.78, 5) is 8.60. The fourth-order valence-electron chi connectivity index (χ4n) is 1.78. The number of aromatic nitrogens is 1. The van der Waals surface area contributed by atoms with Crippen LogP contribution in [0.25, 0.3) is 0 Å². The molecule has 0 aliphatic heterocycles. The van der Waals surface area contributed by atoms with Gasteiger partial charge in [0.15, 0.2) is 0 Å². The summed E-state index contributed by atoms with van der Waals surface area (Å²) in [6, 6.07) is 6.30. The van der Waals surface area contributed by atoms with E-state index in [9.17, 15) is 19.0 Å². The first-order valence-electron chi connectivity index (χ1n) is 6.38. The van der Waals surface area contributed by atoms with Gasteiger partial charge in [0.25, 0.3) is 5.76 Å². The molecule has 1 aromatic carbocycles. The predicted molar refractivity (Wildman–Crippen MR) is 82.1 cm³/mol. The second-order valence-electron chi connectivity index (χ2n) is 4.42. The Labute approximate surface area is 130 Å². The molecule has 2 rings (SSSR count). The van der Waals surface area contributed by atoms with Gasteiger partial charge in [0.05, 0.1) is 18.0 Å². The van der Waals surface area contributed by atoms with E-state index in [0.717, 1.165) is 0 Å². The minimum absolute atomic E-state index is 0.0415. The first-order chi connectivity index (χ1) is 10.5. The molecule has 0 saturated heterocycles. The van der Waals surface area contributed by atoms with Crippen molar-refractivity contribution in [1.82, 2.24) is 4.98 Å². The summed E-state index contributed by atoms with van der Waals surface area (Å²) < 4.78 is 24.5. The van der Waals surface area contributed by atoms with Crippen LogP contribution >= 0.6 is 11.8 Å². The highest BCUT2D eigenvalue weighted by Crippen LogP contribution is 2.27. The molecule has 116 valence electrons. The number of aromatic hydroxyl groups is 1. The number of aryl methyl sites for hydroxylation is 1. The fraction of sp³-hybridized carbons (Fsp3) is 0.200. The van der Waals surface area contributed by atoms with Gasteiger partial charge in [-0.1, -0.05) is 11.8 Å². The summed E-state index contributed by atoms with van der Waals surface area (Å²) in [5.41, 5.74) is 1.83. The van der Waals surface area contributed by atoms with Crippen molar-refractivity contribution in [1.29, 1.82) is 0 Å². The number of hydrogen-bond donors (Lipinski definition) is 2. The third kappa shape index (κ3) is 4.02. The zero-order valence-electron chi connectivity index (χ0n) is 11.7. The van der Waals surface area contributed by atoms with Crippen LogP contribution in [-0.2, 0) is 6.61 Å². The van der Waals surface area contributed by atoms with E-state index in [-0.39, 0.29) is 12.4 Å². The third-order valence-electron chi connectivity index (χ3n) is 2.93. The Morgan fingerprint density at radius 3 is 2.59 bits per heavy atom. The summed E-state index contributed by atoms with van der Waals surface area (Å²) in [5.74, 6) is -2.50. The maximum absolute atomic E-state index is 12.2. The van der Waals surface area contributed by atoms with Crippen molar-refractivity contribution in [2.45, 2.75) is 24.2 Å². The van der Waals surface area contributed by atoms with Gasteiger partial charge < -0.3 is 10.2 Å². The van der Waals surface area contributed by atoms with Gasteiger partial charge in [-0.25, -0.2) is 0 Å². The summed E-state index contributed by atoms with van der Waals surface area (Å²) >= 11 is 0.466. The molecule has 0 saturated carbocycles. The molecular weight excluding hydrogens is 310 g/mol. The number of thioether (sulfide) groups is 1. The maximum atomic E-state index is 12.2. The summed E-state index contributed by atoms with van der Waals surface area (Å²) in [7, 11) is 0. The number of aliphatic hydroxyl groups excluding tert-OH is 1. The van der Waals surface area contributed by atoms with Gasteiger partial charge in [0.2, 0.25) is 0 Å². The fourth-order valence-corrected chi connectivity index (χ4v) is 2.27. The van der Waals surface area contributed by atoms with Crippen molar-refractivity contribution >= 4 is 23.7 Å². The molecule has 0 unspecified atom stereocenters. The quantitative estimate of drug-likeness (QED) is 0.651. The highest BCUT2D eigenvalue weighted by molar-refractivity contribution is 7.99. The molecule has 0 aliphatic carbocycles. The SMILES string of the molecule is Cc1ncc(CO)c(C=Nc2ccc(SC(F)F)cc2)c1O. The molecule has 1 aromatic heterocycles. The second-order valence-corrected chi connectivity index (χ2v) is 5.48. The number of aliphatic imine (C=N–C) groups is 1. The molecular formula is C15H14F2N2O2S. The van der Waals surface area contributed by atoms with Gasteiger partial charge in [-0.2, -0.15) is 8.78 Å². The minimum atomic E-state index is -2.46. The summed E-state index contributed by atoms with van der Waals surface area (Å²) in [6.45, 7) is 1.37. The molecule has 1 heterocycles. The van der Waals surface area contributed by atoms with E-state index in [1.54, 1.807) is 31.2 Å². The molecule has 0 fully saturated rings. The lowest BCUT2D eigenvalue weighted by Gasteiger charge is -2.07. The Bertz CT molecular complexity index is 676. The topological polar surface area (TPSA) is 65.7 Å². The number of hydrogen-bond acceptors (Lipinski definition) is 5. The Kier molecular flexibility index (Phi) is 5.46. The van der Waals surface area contributed by atoms with Gasteiger partial charge in [-0.05, 0) is 31.2 Å². The van der Waals surface area contributed by atoms with Crippen molar-refractivity contribution < 1.29 is 19.0 Å². The number of pyridine rings is 1. The van der Waals surface area contributed by atoms with Gasteiger partial charge in [-0.15, -0.1) is 0 Å². The average Bonchev–Trinajstić information content (AvgIpc) is 2.49. The zero-order valence-corrected chi connectivity index (χ0v) is 12.5. The van der Waals surface area contributed by atoms with Crippen LogP contribution in [0.5, 0.6) is 5.75 Å². The largest absolute Gasteiger partial charge is 0.505 e.